The quantitative estimate of drug-likeness (QED) is 0.649. The monoisotopic (exact) mass is 181 g/mol. The van der Waals surface area contributed by atoms with Gasteiger partial charge >= 0.3 is 5.97 Å². The zero-order chi connectivity index (χ0) is 10.0. The van der Waals surface area contributed by atoms with E-state index in [4.69, 9.17) is 5.11 Å². The third-order valence-corrected chi connectivity index (χ3v) is 2.16. The smallest absolute Gasteiger partial charge is 0.331 e. The number of carboxylic acids is 1. The first-order valence-corrected chi connectivity index (χ1v) is 3.93. The number of likely N-dealkylation sites (tertiary alicyclic amines) is 1. The zero-order valence-corrected chi connectivity index (χ0v) is 7.19. The maximum Gasteiger partial charge on any atom is 0.331 e. The van der Waals surface area contributed by atoms with Crippen molar-refractivity contribution >= 4 is 11.9 Å². The van der Waals surface area contributed by atoms with Crippen LogP contribution in [0.3, 0.4) is 0 Å². The number of hydrogen-bond donors (Lipinski definition) is 1. The molecule has 0 aromatic heterocycles. The summed E-state index contributed by atoms with van der Waals surface area (Å²) in [6.07, 6.45) is 1.92. The van der Waals surface area contributed by atoms with Crippen LogP contribution >= 0.6 is 0 Å². The van der Waals surface area contributed by atoms with Crippen LogP contribution in [0.25, 0.3) is 0 Å². The second kappa shape index (κ2) is 3.43. The number of hydrogen-bond acceptors (Lipinski definition) is 2. The molecule has 0 aromatic rings. The third kappa shape index (κ3) is 1.61. The minimum atomic E-state index is -1.11. The van der Waals surface area contributed by atoms with Gasteiger partial charge in [0, 0.05) is 12.1 Å². The summed E-state index contributed by atoms with van der Waals surface area (Å²) in [5, 5.41) is 8.62. The Bertz CT molecular complexity index is 283. The van der Waals surface area contributed by atoms with Crippen molar-refractivity contribution in [2.45, 2.75) is 6.42 Å². The van der Waals surface area contributed by atoms with Crippen LogP contribution in [-0.4, -0.2) is 28.4 Å². The molecule has 1 atom stereocenters. The van der Waals surface area contributed by atoms with Crippen molar-refractivity contribution in [2.75, 3.05) is 6.54 Å². The summed E-state index contributed by atoms with van der Waals surface area (Å²) in [5.41, 5.74) is -0.0330. The molecule has 1 heterocycles. The molecule has 1 aliphatic heterocycles. The van der Waals surface area contributed by atoms with E-state index in [9.17, 15) is 9.59 Å². The highest BCUT2D eigenvalue weighted by Gasteiger charge is 2.34. The molecule has 1 saturated heterocycles. The Balaban J connectivity index is 2.75. The Kier molecular flexibility index (Phi) is 2.51. The number of aliphatic carboxylic acids is 1. The number of carbonyl (C=O) groups is 2. The molecule has 0 aromatic carbocycles. The first-order chi connectivity index (χ1) is 6.07. The summed E-state index contributed by atoms with van der Waals surface area (Å²) in [7, 11) is 0. The van der Waals surface area contributed by atoms with Gasteiger partial charge in [0.2, 0.25) is 5.91 Å². The topological polar surface area (TPSA) is 57.6 Å². The number of carboxylic acid groups (broad SMARTS) is 1. The Hall–Kier alpha value is -1.58. The molecular weight excluding hydrogens is 170 g/mol. The second-order valence-corrected chi connectivity index (χ2v) is 2.89. The molecule has 1 rings (SSSR count). The van der Waals surface area contributed by atoms with Gasteiger partial charge in [0.1, 0.15) is 0 Å². The van der Waals surface area contributed by atoms with Crippen LogP contribution in [0.2, 0.25) is 0 Å². The second-order valence-electron chi connectivity index (χ2n) is 2.89. The molecule has 1 unspecified atom stereocenters. The van der Waals surface area contributed by atoms with Gasteiger partial charge in [-0.25, -0.2) is 4.79 Å². The summed E-state index contributed by atoms with van der Waals surface area (Å²) >= 11 is 0. The van der Waals surface area contributed by atoms with Gasteiger partial charge in [-0.1, -0.05) is 13.2 Å². The fourth-order valence-corrected chi connectivity index (χ4v) is 1.36. The van der Waals surface area contributed by atoms with Crippen LogP contribution in [0.1, 0.15) is 6.42 Å². The molecule has 13 heavy (non-hydrogen) atoms. The number of nitrogens with zero attached hydrogens (tertiary/aromatic N) is 1. The van der Waals surface area contributed by atoms with Crippen molar-refractivity contribution in [1.29, 1.82) is 0 Å². The first kappa shape index (κ1) is 9.51. The van der Waals surface area contributed by atoms with Crippen molar-refractivity contribution in [3.05, 3.63) is 24.9 Å². The summed E-state index contributed by atoms with van der Waals surface area (Å²) in [6, 6.07) is 0. The molecule has 1 amide bonds. The normalized spacial score (nSPS) is 21.7. The van der Waals surface area contributed by atoms with Crippen molar-refractivity contribution in [2.24, 2.45) is 5.92 Å². The van der Waals surface area contributed by atoms with E-state index in [1.54, 1.807) is 0 Å². The van der Waals surface area contributed by atoms with Gasteiger partial charge in [-0.3, -0.25) is 4.79 Å². The lowest BCUT2D eigenvalue weighted by atomic mass is 9.99. The maximum absolute atomic E-state index is 11.4. The predicted octanol–water partition coefficient (Wildman–Crippen LogP) is 0.619. The van der Waals surface area contributed by atoms with Gasteiger partial charge in [0.15, 0.2) is 0 Å². The van der Waals surface area contributed by atoms with Gasteiger partial charge in [0.25, 0.3) is 0 Å². The first-order valence-electron chi connectivity index (χ1n) is 3.93. The van der Waals surface area contributed by atoms with E-state index in [0.717, 1.165) is 0 Å². The Labute approximate surface area is 76.2 Å². The van der Waals surface area contributed by atoms with E-state index in [0.29, 0.717) is 13.0 Å². The van der Waals surface area contributed by atoms with Crippen LogP contribution in [0.15, 0.2) is 24.9 Å². The SMILES string of the molecule is C=CN1CCC(C(=C)C(=O)O)C1=O. The van der Waals surface area contributed by atoms with E-state index in [1.807, 2.05) is 0 Å². The number of amides is 1. The fraction of sp³-hybridized carbons (Fsp3) is 0.333. The molecule has 4 heteroatoms. The van der Waals surface area contributed by atoms with Crippen LogP contribution in [0.5, 0.6) is 0 Å². The van der Waals surface area contributed by atoms with Gasteiger partial charge in [-0.2, -0.15) is 0 Å². The summed E-state index contributed by atoms with van der Waals surface area (Å²) in [6.45, 7) is 7.36. The van der Waals surface area contributed by atoms with Gasteiger partial charge in [0.05, 0.1) is 5.92 Å². The molecular formula is C9H11NO3. The lowest BCUT2D eigenvalue weighted by Crippen LogP contribution is -2.24. The molecule has 0 aliphatic carbocycles. The molecule has 0 spiro atoms. The van der Waals surface area contributed by atoms with Crippen LogP contribution in [0.4, 0.5) is 0 Å². The lowest BCUT2D eigenvalue weighted by molar-refractivity contribution is -0.136. The standard InChI is InChI=1S/C9H11NO3/c1-3-10-5-4-7(8(10)11)6(2)9(12)13/h3,7H,1-2,4-5H2,(H,12,13). The van der Waals surface area contributed by atoms with Crippen molar-refractivity contribution in [3.63, 3.8) is 0 Å². The lowest BCUT2D eigenvalue weighted by Gasteiger charge is -2.10. The molecule has 4 nitrogen and oxygen atoms in total. The average molecular weight is 181 g/mol. The minimum absolute atomic E-state index is 0.0330. The van der Waals surface area contributed by atoms with Gasteiger partial charge in [-0.15, -0.1) is 0 Å². The van der Waals surface area contributed by atoms with Crippen molar-refractivity contribution in [1.82, 2.24) is 4.90 Å². The molecule has 1 N–H and O–H groups in total. The molecule has 70 valence electrons. The highest BCUT2D eigenvalue weighted by atomic mass is 16.4. The average Bonchev–Trinajstić information content (AvgIpc) is 2.45. The Morgan fingerprint density at radius 1 is 1.69 bits per heavy atom. The number of carbonyl (C=O) groups excluding carboxylic acids is 1. The minimum Gasteiger partial charge on any atom is -0.478 e. The summed E-state index contributed by atoms with van der Waals surface area (Å²) in [5.74, 6) is -1.90. The van der Waals surface area contributed by atoms with E-state index in [2.05, 4.69) is 13.2 Å². The van der Waals surface area contributed by atoms with Crippen LogP contribution < -0.4 is 0 Å². The predicted molar refractivity (Wildman–Crippen MR) is 46.8 cm³/mol. The highest BCUT2D eigenvalue weighted by molar-refractivity contribution is 5.96. The molecule has 0 radical (unpaired) electrons. The summed E-state index contributed by atoms with van der Waals surface area (Å²) in [4.78, 5) is 23.4. The third-order valence-electron chi connectivity index (χ3n) is 2.16. The van der Waals surface area contributed by atoms with Crippen molar-refractivity contribution in [3.8, 4) is 0 Å². The Morgan fingerprint density at radius 3 is 2.69 bits per heavy atom. The molecule has 1 fully saturated rings. The molecule has 0 bridgehead atoms. The fourth-order valence-electron chi connectivity index (χ4n) is 1.36. The van der Waals surface area contributed by atoms with E-state index in [1.165, 1.54) is 11.1 Å². The summed E-state index contributed by atoms with van der Waals surface area (Å²) < 4.78 is 0. The van der Waals surface area contributed by atoms with Gasteiger partial charge < -0.3 is 10.0 Å². The molecule has 1 aliphatic rings. The largest absolute Gasteiger partial charge is 0.478 e. The van der Waals surface area contributed by atoms with Crippen molar-refractivity contribution < 1.29 is 14.7 Å². The highest BCUT2D eigenvalue weighted by Crippen LogP contribution is 2.24. The van der Waals surface area contributed by atoms with Gasteiger partial charge in [-0.05, 0) is 12.6 Å². The molecule has 0 saturated carbocycles. The maximum atomic E-state index is 11.4. The van der Waals surface area contributed by atoms with Crippen LogP contribution in [0, 0.1) is 5.92 Å². The zero-order valence-electron chi connectivity index (χ0n) is 7.19. The van der Waals surface area contributed by atoms with E-state index < -0.39 is 11.9 Å². The van der Waals surface area contributed by atoms with E-state index in [-0.39, 0.29) is 11.5 Å². The Morgan fingerprint density at radius 2 is 2.31 bits per heavy atom. The van der Waals surface area contributed by atoms with Crippen LogP contribution in [-0.2, 0) is 9.59 Å². The van der Waals surface area contributed by atoms with E-state index >= 15 is 0 Å². The number of rotatable bonds is 3.